The Labute approximate surface area is 88.9 Å². The quantitative estimate of drug-likeness (QED) is 0.621. The Balaban J connectivity index is 2.68. The van der Waals surface area contributed by atoms with E-state index in [1.807, 2.05) is 0 Å². The molecule has 0 aliphatic carbocycles. The van der Waals surface area contributed by atoms with Gasteiger partial charge in [-0.25, -0.2) is 8.78 Å². The number of alkyl halides is 4. The van der Waals surface area contributed by atoms with Crippen molar-refractivity contribution in [3.8, 4) is 0 Å². The van der Waals surface area contributed by atoms with Gasteiger partial charge in [-0.2, -0.15) is 8.78 Å². The van der Waals surface area contributed by atoms with E-state index in [2.05, 4.69) is 5.32 Å². The SMILES string of the molecule is FC(F)CNc1ccccc1SC(F)F. The fourth-order valence-electron chi connectivity index (χ4n) is 0.999. The van der Waals surface area contributed by atoms with Crippen molar-refractivity contribution in [2.24, 2.45) is 0 Å². The molecular weight excluding hydrogens is 230 g/mol. The number of benzene rings is 1. The minimum Gasteiger partial charge on any atom is -0.378 e. The highest BCUT2D eigenvalue weighted by Crippen LogP contribution is 2.31. The van der Waals surface area contributed by atoms with E-state index in [0.717, 1.165) is 0 Å². The second kappa shape index (κ2) is 5.85. The van der Waals surface area contributed by atoms with Crippen LogP contribution in [0.15, 0.2) is 29.2 Å². The van der Waals surface area contributed by atoms with Crippen molar-refractivity contribution in [2.45, 2.75) is 17.1 Å². The molecule has 0 heterocycles. The first-order valence-corrected chi connectivity index (χ1v) is 5.03. The van der Waals surface area contributed by atoms with Crippen LogP contribution in [0.2, 0.25) is 0 Å². The van der Waals surface area contributed by atoms with Gasteiger partial charge in [-0.05, 0) is 12.1 Å². The van der Waals surface area contributed by atoms with Crippen LogP contribution in [0.3, 0.4) is 0 Å². The zero-order valence-electron chi connectivity index (χ0n) is 7.59. The van der Waals surface area contributed by atoms with E-state index in [-0.39, 0.29) is 4.90 Å². The van der Waals surface area contributed by atoms with Crippen LogP contribution in [0.1, 0.15) is 0 Å². The molecule has 6 heteroatoms. The molecule has 0 atom stereocenters. The van der Waals surface area contributed by atoms with Gasteiger partial charge in [-0.15, -0.1) is 0 Å². The Bertz CT molecular complexity index is 306. The predicted molar refractivity (Wildman–Crippen MR) is 52.8 cm³/mol. The molecule has 0 radical (unpaired) electrons. The van der Waals surface area contributed by atoms with E-state index >= 15 is 0 Å². The highest BCUT2D eigenvalue weighted by atomic mass is 32.2. The van der Waals surface area contributed by atoms with Crippen LogP contribution >= 0.6 is 11.8 Å². The van der Waals surface area contributed by atoms with Crippen molar-refractivity contribution in [2.75, 3.05) is 11.9 Å². The predicted octanol–water partition coefficient (Wildman–Crippen LogP) is 3.68. The molecule has 0 aliphatic rings. The lowest BCUT2D eigenvalue weighted by atomic mass is 10.3. The van der Waals surface area contributed by atoms with Crippen molar-refractivity contribution in [3.05, 3.63) is 24.3 Å². The summed E-state index contributed by atoms with van der Waals surface area (Å²) in [6.45, 7) is -0.541. The Morgan fingerprint density at radius 1 is 1.13 bits per heavy atom. The number of hydrogen-bond donors (Lipinski definition) is 1. The lowest BCUT2D eigenvalue weighted by Crippen LogP contribution is -2.10. The summed E-state index contributed by atoms with van der Waals surface area (Å²) < 4.78 is 48.0. The maximum atomic E-state index is 12.1. The van der Waals surface area contributed by atoms with Gasteiger partial charge in [0.2, 0.25) is 0 Å². The Morgan fingerprint density at radius 3 is 2.40 bits per heavy atom. The number of anilines is 1. The number of hydrogen-bond acceptors (Lipinski definition) is 2. The van der Waals surface area contributed by atoms with Crippen molar-refractivity contribution in [1.82, 2.24) is 0 Å². The van der Waals surface area contributed by atoms with Crippen LogP contribution in [0, 0.1) is 0 Å². The van der Waals surface area contributed by atoms with Crippen LogP contribution in [-0.4, -0.2) is 18.7 Å². The first-order valence-electron chi connectivity index (χ1n) is 4.15. The van der Waals surface area contributed by atoms with Gasteiger partial charge in [-0.1, -0.05) is 23.9 Å². The lowest BCUT2D eigenvalue weighted by Gasteiger charge is -2.10. The molecule has 15 heavy (non-hydrogen) atoms. The van der Waals surface area contributed by atoms with E-state index in [4.69, 9.17) is 0 Å². The topological polar surface area (TPSA) is 12.0 Å². The molecule has 0 spiro atoms. The summed E-state index contributed by atoms with van der Waals surface area (Å²) in [5.41, 5.74) is 0.308. The molecule has 1 N–H and O–H groups in total. The molecule has 0 unspecified atom stereocenters. The number of rotatable bonds is 5. The summed E-state index contributed by atoms with van der Waals surface area (Å²) in [5, 5.41) is 2.41. The minimum absolute atomic E-state index is 0.271. The lowest BCUT2D eigenvalue weighted by molar-refractivity contribution is 0.163. The largest absolute Gasteiger partial charge is 0.378 e. The van der Waals surface area contributed by atoms with Crippen LogP contribution in [0.5, 0.6) is 0 Å². The molecule has 1 nitrogen and oxygen atoms in total. The molecule has 1 aromatic carbocycles. The van der Waals surface area contributed by atoms with E-state index in [0.29, 0.717) is 17.4 Å². The van der Waals surface area contributed by atoms with Gasteiger partial charge < -0.3 is 5.32 Å². The number of para-hydroxylation sites is 1. The van der Waals surface area contributed by atoms with Crippen molar-refractivity contribution >= 4 is 17.4 Å². The highest BCUT2D eigenvalue weighted by Gasteiger charge is 2.10. The summed E-state index contributed by atoms with van der Waals surface area (Å²) in [4.78, 5) is 0.271. The minimum atomic E-state index is -2.56. The molecule has 1 rings (SSSR count). The fraction of sp³-hybridized carbons (Fsp3) is 0.333. The second-order valence-corrected chi connectivity index (χ2v) is 3.68. The van der Waals surface area contributed by atoms with Gasteiger partial charge in [0.15, 0.2) is 0 Å². The number of halogens is 4. The first kappa shape index (κ1) is 12.2. The molecular formula is C9H9F4NS. The molecule has 0 saturated carbocycles. The smallest absolute Gasteiger partial charge is 0.288 e. The van der Waals surface area contributed by atoms with Gasteiger partial charge in [0.1, 0.15) is 0 Å². The van der Waals surface area contributed by atoms with Crippen LogP contribution in [0.25, 0.3) is 0 Å². The summed E-state index contributed by atoms with van der Waals surface area (Å²) in [5.74, 6) is -2.56. The maximum absolute atomic E-state index is 12.1. The molecule has 0 fully saturated rings. The van der Waals surface area contributed by atoms with Crippen LogP contribution < -0.4 is 5.32 Å². The average Bonchev–Trinajstić information content (AvgIpc) is 2.15. The first-order chi connectivity index (χ1) is 7.09. The highest BCUT2D eigenvalue weighted by molar-refractivity contribution is 7.99. The third-order valence-corrected chi connectivity index (χ3v) is 2.34. The normalized spacial score (nSPS) is 11.1. The van der Waals surface area contributed by atoms with Gasteiger partial charge >= 0.3 is 0 Å². The Kier molecular flexibility index (Phi) is 4.74. The summed E-state index contributed by atoms with van der Waals surface area (Å²) in [6, 6.07) is 6.14. The monoisotopic (exact) mass is 239 g/mol. The molecule has 0 saturated heterocycles. The summed E-state index contributed by atoms with van der Waals surface area (Å²) in [7, 11) is 0. The van der Waals surface area contributed by atoms with Crippen molar-refractivity contribution in [3.63, 3.8) is 0 Å². The molecule has 0 amide bonds. The van der Waals surface area contributed by atoms with E-state index in [1.54, 1.807) is 12.1 Å². The third-order valence-electron chi connectivity index (χ3n) is 1.55. The zero-order chi connectivity index (χ0) is 11.3. The molecule has 1 aromatic rings. The molecule has 0 aliphatic heterocycles. The van der Waals surface area contributed by atoms with Crippen molar-refractivity contribution < 1.29 is 17.6 Å². The zero-order valence-corrected chi connectivity index (χ0v) is 8.41. The van der Waals surface area contributed by atoms with Crippen LogP contribution in [0.4, 0.5) is 23.2 Å². The fourth-order valence-corrected chi connectivity index (χ4v) is 1.61. The molecule has 0 aromatic heterocycles. The second-order valence-electron chi connectivity index (χ2n) is 2.65. The third kappa shape index (κ3) is 4.42. The van der Waals surface area contributed by atoms with Gasteiger partial charge in [0, 0.05) is 10.6 Å². The average molecular weight is 239 g/mol. The van der Waals surface area contributed by atoms with E-state index < -0.39 is 18.7 Å². The van der Waals surface area contributed by atoms with Gasteiger partial charge in [-0.3, -0.25) is 0 Å². The Morgan fingerprint density at radius 2 is 1.80 bits per heavy atom. The number of nitrogens with one attached hydrogen (secondary N) is 1. The van der Waals surface area contributed by atoms with Crippen molar-refractivity contribution in [1.29, 1.82) is 0 Å². The summed E-state index contributed by atoms with van der Waals surface area (Å²) in [6.07, 6.45) is -2.50. The number of thioether (sulfide) groups is 1. The van der Waals surface area contributed by atoms with E-state index in [9.17, 15) is 17.6 Å². The molecule has 0 bridgehead atoms. The Hall–Kier alpha value is -0.910. The maximum Gasteiger partial charge on any atom is 0.288 e. The van der Waals surface area contributed by atoms with E-state index in [1.165, 1.54) is 12.1 Å². The standard InChI is InChI=1S/C9H9F4NS/c10-8(11)5-14-6-3-1-2-4-7(6)15-9(12)13/h1-4,8-9,14H,5H2. The van der Waals surface area contributed by atoms with Gasteiger partial charge in [0.05, 0.1) is 6.54 Å². The van der Waals surface area contributed by atoms with Gasteiger partial charge in [0.25, 0.3) is 12.2 Å². The summed E-state index contributed by atoms with van der Waals surface area (Å²) >= 11 is 0.336. The van der Waals surface area contributed by atoms with Crippen LogP contribution in [-0.2, 0) is 0 Å². The molecule has 84 valence electrons.